The van der Waals surface area contributed by atoms with Gasteiger partial charge in [-0.2, -0.15) is 0 Å². The molecule has 0 fully saturated rings. The zero-order valence-electron chi connectivity index (χ0n) is 11.5. The van der Waals surface area contributed by atoms with E-state index in [4.69, 9.17) is 0 Å². The first-order valence-corrected chi connectivity index (χ1v) is 6.44. The van der Waals surface area contributed by atoms with E-state index in [1.54, 1.807) is 12.1 Å². The summed E-state index contributed by atoms with van der Waals surface area (Å²) >= 11 is 0. The maximum absolute atomic E-state index is 9.24. The number of nitrogens with one attached hydrogen (secondary N) is 1. The van der Waals surface area contributed by atoms with Crippen molar-refractivity contribution >= 4 is 0 Å². The van der Waals surface area contributed by atoms with Crippen LogP contribution >= 0.6 is 0 Å². The van der Waals surface area contributed by atoms with Gasteiger partial charge in [-0.05, 0) is 42.5 Å². The van der Waals surface area contributed by atoms with E-state index < -0.39 is 0 Å². The van der Waals surface area contributed by atoms with Crippen molar-refractivity contribution in [3.8, 4) is 5.75 Å². The molecule has 0 bridgehead atoms. The summed E-state index contributed by atoms with van der Waals surface area (Å²) in [5, 5.41) is 12.8. The van der Waals surface area contributed by atoms with Gasteiger partial charge in [-0.3, -0.25) is 0 Å². The maximum Gasteiger partial charge on any atom is 0.115 e. The molecule has 1 rings (SSSR count). The fraction of sp³-hybridized carbons (Fsp3) is 0.600. The van der Waals surface area contributed by atoms with Crippen molar-refractivity contribution in [3.63, 3.8) is 0 Å². The van der Waals surface area contributed by atoms with Crippen molar-refractivity contribution in [2.75, 3.05) is 6.54 Å². The van der Waals surface area contributed by atoms with Crippen LogP contribution < -0.4 is 5.32 Å². The fourth-order valence-electron chi connectivity index (χ4n) is 2.06. The molecule has 0 aliphatic carbocycles. The second-order valence-corrected chi connectivity index (χ2v) is 5.68. The molecule has 0 saturated heterocycles. The van der Waals surface area contributed by atoms with Crippen LogP contribution in [-0.4, -0.2) is 17.7 Å². The van der Waals surface area contributed by atoms with E-state index in [0.717, 1.165) is 19.4 Å². The topological polar surface area (TPSA) is 32.3 Å². The highest BCUT2D eigenvalue weighted by Crippen LogP contribution is 2.23. The Kier molecular flexibility index (Phi) is 5.01. The van der Waals surface area contributed by atoms with Gasteiger partial charge in [-0.15, -0.1) is 0 Å². The van der Waals surface area contributed by atoms with Crippen LogP contribution in [0.15, 0.2) is 24.3 Å². The van der Waals surface area contributed by atoms with E-state index in [1.165, 1.54) is 5.56 Å². The van der Waals surface area contributed by atoms with Crippen molar-refractivity contribution in [2.45, 2.75) is 46.6 Å². The van der Waals surface area contributed by atoms with Crippen molar-refractivity contribution in [2.24, 2.45) is 5.41 Å². The third kappa shape index (κ3) is 4.78. The van der Waals surface area contributed by atoms with E-state index in [2.05, 4.69) is 33.0 Å². The number of aryl methyl sites for hydroxylation is 1. The molecule has 2 N–H and O–H groups in total. The van der Waals surface area contributed by atoms with Crippen LogP contribution in [0.2, 0.25) is 0 Å². The SMILES string of the molecule is CCNC(CCc1ccc(O)cc1)C(C)(C)C. The molecule has 0 aliphatic heterocycles. The van der Waals surface area contributed by atoms with Gasteiger partial charge in [0.05, 0.1) is 0 Å². The molecule has 1 unspecified atom stereocenters. The zero-order chi connectivity index (χ0) is 12.9. The summed E-state index contributed by atoms with van der Waals surface area (Å²) in [6.45, 7) is 9.99. The molecule has 0 aliphatic rings. The second kappa shape index (κ2) is 6.06. The van der Waals surface area contributed by atoms with Crippen molar-refractivity contribution in [3.05, 3.63) is 29.8 Å². The van der Waals surface area contributed by atoms with Crippen molar-refractivity contribution < 1.29 is 5.11 Å². The quantitative estimate of drug-likeness (QED) is 0.820. The van der Waals surface area contributed by atoms with Gasteiger partial charge < -0.3 is 10.4 Å². The predicted octanol–water partition coefficient (Wildman–Crippen LogP) is 3.35. The van der Waals surface area contributed by atoms with Crippen LogP contribution in [0.3, 0.4) is 0 Å². The Balaban J connectivity index is 2.54. The van der Waals surface area contributed by atoms with Gasteiger partial charge in [0, 0.05) is 6.04 Å². The molecule has 0 radical (unpaired) electrons. The highest BCUT2D eigenvalue weighted by molar-refractivity contribution is 5.25. The minimum absolute atomic E-state index is 0.285. The predicted molar refractivity (Wildman–Crippen MR) is 73.3 cm³/mol. The number of rotatable bonds is 5. The van der Waals surface area contributed by atoms with Crippen LogP contribution in [0.4, 0.5) is 0 Å². The Labute approximate surface area is 105 Å². The third-order valence-corrected chi connectivity index (χ3v) is 3.15. The van der Waals surface area contributed by atoms with Gasteiger partial charge in [0.25, 0.3) is 0 Å². The smallest absolute Gasteiger partial charge is 0.115 e. The monoisotopic (exact) mass is 235 g/mol. The normalized spacial score (nSPS) is 13.6. The van der Waals surface area contributed by atoms with Crippen molar-refractivity contribution in [1.29, 1.82) is 0 Å². The van der Waals surface area contributed by atoms with Gasteiger partial charge in [0.15, 0.2) is 0 Å². The lowest BCUT2D eigenvalue weighted by molar-refractivity contribution is 0.258. The Morgan fingerprint density at radius 1 is 1.18 bits per heavy atom. The summed E-state index contributed by atoms with van der Waals surface area (Å²) in [5.41, 5.74) is 1.57. The molecule has 1 aromatic rings. The first-order chi connectivity index (χ1) is 7.93. The molecular formula is C15H25NO. The number of benzene rings is 1. The summed E-state index contributed by atoms with van der Waals surface area (Å²) in [6.07, 6.45) is 2.18. The first-order valence-electron chi connectivity index (χ1n) is 6.44. The van der Waals surface area contributed by atoms with Crippen molar-refractivity contribution in [1.82, 2.24) is 5.32 Å². The van der Waals surface area contributed by atoms with E-state index in [-0.39, 0.29) is 5.41 Å². The number of aromatic hydroxyl groups is 1. The molecular weight excluding hydrogens is 210 g/mol. The lowest BCUT2D eigenvalue weighted by Gasteiger charge is -2.31. The molecule has 0 amide bonds. The number of hydrogen-bond donors (Lipinski definition) is 2. The van der Waals surface area contributed by atoms with Gasteiger partial charge in [0.2, 0.25) is 0 Å². The number of hydrogen-bond acceptors (Lipinski definition) is 2. The third-order valence-electron chi connectivity index (χ3n) is 3.15. The first kappa shape index (κ1) is 14.0. The molecule has 0 spiro atoms. The maximum atomic E-state index is 9.24. The highest BCUT2D eigenvalue weighted by atomic mass is 16.3. The Bertz CT molecular complexity index is 324. The zero-order valence-corrected chi connectivity index (χ0v) is 11.5. The number of phenolic OH excluding ortho intramolecular Hbond substituents is 1. The standard InChI is InChI=1S/C15H25NO/c1-5-16-14(15(2,3)4)11-8-12-6-9-13(17)10-7-12/h6-7,9-10,14,16-17H,5,8,11H2,1-4H3. The van der Waals surface area contributed by atoms with Crippen LogP contribution in [0, 0.1) is 5.41 Å². The van der Waals surface area contributed by atoms with Gasteiger partial charge in [-0.25, -0.2) is 0 Å². The van der Waals surface area contributed by atoms with E-state index in [1.807, 2.05) is 12.1 Å². The largest absolute Gasteiger partial charge is 0.508 e. The van der Waals surface area contributed by atoms with Gasteiger partial charge in [-0.1, -0.05) is 39.8 Å². The number of phenols is 1. The van der Waals surface area contributed by atoms with Crippen LogP contribution in [0.1, 0.15) is 39.7 Å². The minimum Gasteiger partial charge on any atom is -0.508 e. The van der Waals surface area contributed by atoms with E-state index in [9.17, 15) is 5.11 Å². The highest BCUT2D eigenvalue weighted by Gasteiger charge is 2.22. The van der Waals surface area contributed by atoms with Gasteiger partial charge in [0.1, 0.15) is 5.75 Å². The lowest BCUT2D eigenvalue weighted by Crippen LogP contribution is -2.40. The van der Waals surface area contributed by atoms with Crippen LogP contribution in [0.25, 0.3) is 0 Å². The molecule has 96 valence electrons. The molecule has 0 aromatic heterocycles. The Morgan fingerprint density at radius 2 is 1.76 bits per heavy atom. The summed E-state index contributed by atoms with van der Waals surface area (Å²) < 4.78 is 0. The van der Waals surface area contributed by atoms with E-state index in [0.29, 0.717) is 11.8 Å². The summed E-state index contributed by atoms with van der Waals surface area (Å²) in [7, 11) is 0. The molecule has 2 heteroatoms. The summed E-state index contributed by atoms with van der Waals surface area (Å²) in [5.74, 6) is 0.341. The van der Waals surface area contributed by atoms with E-state index >= 15 is 0 Å². The lowest BCUT2D eigenvalue weighted by atomic mass is 9.83. The summed E-state index contributed by atoms with van der Waals surface area (Å²) in [4.78, 5) is 0. The molecule has 1 aromatic carbocycles. The Hall–Kier alpha value is -1.02. The molecule has 2 nitrogen and oxygen atoms in total. The average Bonchev–Trinajstić information content (AvgIpc) is 2.25. The molecule has 0 saturated carbocycles. The molecule has 17 heavy (non-hydrogen) atoms. The average molecular weight is 235 g/mol. The van der Waals surface area contributed by atoms with Crippen LogP contribution in [0.5, 0.6) is 5.75 Å². The molecule has 0 heterocycles. The molecule has 1 atom stereocenters. The fourth-order valence-corrected chi connectivity index (χ4v) is 2.06. The van der Waals surface area contributed by atoms with Crippen LogP contribution in [-0.2, 0) is 6.42 Å². The van der Waals surface area contributed by atoms with Gasteiger partial charge >= 0.3 is 0 Å². The summed E-state index contributed by atoms with van der Waals surface area (Å²) in [6, 6.07) is 8.05. The minimum atomic E-state index is 0.285. The second-order valence-electron chi connectivity index (χ2n) is 5.68. The Morgan fingerprint density at radius 3 is 2.24 bits per heavy atom.